The SMILES string of the molecule is C=CC(=O)O.C=CC(=O)O.C=CC(=O)O.C=CC(=O)OCCCCCCCCCCCC.CCC(CO)(CO)CO. The summed E-state index contributed by atoms with van der Waals surface area (Å²) in [6.45, 7) is 16.4. The van der Waals surface area contributed by atoms with Crippen molar-refractivity contribution >= 4 is 23.9 Å². The summed E-state index contributed by atoms with van der Waals surface area (Å²) in [5.41, 5.74) is -0.667. The van der Waals surface area contributed by atoms with Crippen LogP contribution in [0.2, 0.25) is 0 Å². The quantitative estimate of drug-likeness (QED) is 0.0688. The van der Waals surface area contributed by atoms with Gasteiger partial charge in [0.15, 0.2) is 0 Å². The molecule has 0 aromatic rings. The standard InChI is InChI=1S/C15H28O2.C6H14O3.3C3H4O2/c1-3-5-6-7-8-9-10-11-12-13-14-17-15(16)4-2;1-2-6(3-7,4-8)5-9;3*1-2-3(4)5/h4H,2-3,5-14H2,1H3;7-9H,2-5H2,1H3;3*2H,1H2,(H,4,5). The zero-order valence-corrected chi connectivity index (χ0v) is 25.0. The van der Waals surface area contributed by atoms with Crippen LogP contribution < -0.4 is 0 Å². The molecule has 0 aromatic heterocycles. The summed E-state index contributed by atoms with van der Waals surface area (Å²) < 4.78 is 4.91. The van der Waals surface area contributed by atoms with Crippen LogP contribution in [-0.4, -0.2) is 80.9 Å². The number of rotatable bonds is 19. The number of carbonyl (C=O) groups is 4. The molecule has 0 heterocycles. The van der Waals surface area contributed by atoms with Crippen LogP contribution in [0.4, 0.5) is 0 Å². The Morgan fingerprint density at radius 2 is 0.878 bits per heavy atom. The largest absolute Gasteiger partial charge is 0.478 e. The molecule has 41 heavy (non-hydrogen) atoms. The van der Waals surface area contributed by atoms with Gasteiger partial charge in [0.25, 0.3) is 0 Å². The molecule has 240 valence electrons. The second-order valence-electron chi connectivity index (χ2n) is 8.51. The van der Waals surface area contributed by atoms with Gasteiger partial charge >= 0.3 is 23.9 Å². The molecule has 0 aliphatic rings. The van der Waals surface area contributed by atoms with E-state index in [-0.39, 0.29) is 25.8 Å². The number of esters is 1. The molecular weight excluding hydrogens is 536 g/mol. The van der Waals surface area contributed by atoms with Gasteiger partial charge in [-0.3, -0.25) is 0 Å². The first kappa shape index (κ1) is 47.5. The molecule has 0 bridgehead atoms. The van der Waals surface area contributed by atoms with Gasteiger partial charge < -0.3 is 35.4 Å². The molecule has 0 radical (unpaired) electrons. The molecule has 0 saturated carbocycles. The molecule has 11 nitrogen and oxygen atoms in total. The van der Waals surface area contributed by atoms with Crippen LogP contribution >= 0.6 is 0 Å². The molecule has 0 unspecified atom stereocenters. The van der Waals surface area contributed by atoms with Crippen LogP contribution in [0.3, 0.4) is 0 Å². The maximum absolute atomic E-state index is 10.7. The third-order valence-corrected chi connectivity index (χ3v) is 5.19. The lowest BCUT2D eigenvalue weighted by Crippen LogP contribution is -2.32. The van der Waals surface area contributed by atoms with E-state index in [1.54, 1.807) is 0 Å². The van der Waals surface area contributed by atoms with E-state index < -0.39 is 23.3 Å². The van der Waals surface area contributed by atoms with Crippen molar-refractivity contribution in [1.82, 2.24) is 0 Å². The van der Waals surface area contributed by atoms with Crippen molar-refractivity contribution in [3.05, 3.63) is 50.6 Å². The molecule has 0 atom stereocenters. The average molecular weight is 591 g/mol. The third-order valence-electron chi connectivity index (χ3n) is 5.19. The molecule has 0 saturated heterocycles. The molecule has 0 aliphatic carbocycles. The lowest BCUT2D eigenvalue weighted by atomic mass is 9.88. The molecule has 0 spiro atoms. The first-order valence-corrected chi connectivity index (χ1v) is 13.5. The van der Waals surface area contributed by atoms with Gasteiger partial charge in [-0.25, -0.2) is 19.2 Å². The van der Waals surface area contributed by atoms with E-state index in [1.165, 1.54) is 63.9 Å². The topological polar surface area (TPSA) is 199 Å². The predicted molar refractivity (Wildman–Crippen MR) is 160 cm³/mol. The zero-order chi connectivity index (χ0) is 33.0. The van der Waals surface area contributed by atoms with Crippen LogP contribution in [0.5, 0.6) is 0 Å². The highest BCUT2D eigenvalue weighted by atomic mass is 16.5. The maximum Gasteiger partial charge on any atom is 0.330 e. The number of aliphatic hydroxyl groups excluding tert-OH is 3. The van der Waals surface area contributed by atoms with Crippen molar-refractivity contribution in [2.24, 2.45) is 5.41 Å². The number of carboxylic acids is 3. The van der Waals surface area contributed by atoms with E-state index in [2.05, 4.69) is 33.2 Å². The highest BCUT2D eigenvalue weighted by Gasteiger charge is 2.24. The molecule has 6 N–H and O–H groups in total. The summed E-state index contributed by atoms with van der Waals surface area (Å²) in [5, 5.41) is 48.8. The Bertz CT molecular complexity index is 624. The second-order valence-corrected chi connectivity index (χ2v) is 8.51. The highest BCUT2D eigenvalue weighted by Crippen LogP contribution is 2.18. The van der Waals surface area contributed by atoms with Crippen molar-refractivity contribution in [2.75, 3.05) is 26.4 Å². The monoisotopic (exact) mass is 590 g/mol. The Labute approximate surface area is 245 Å². The maximum atomic E-state index is 10.7. The van der Waals surface area contributed by atoms with Gasteiger partial charge in [0.05, 0.1) is 26.4 Å². The molecule has 0 rings (SSSR count). The summed E-state index contributed by atoms with van der Waals surface area (Å²) in [6.07, 6.45) is 17.3. The Morgan fingerprint density at radius 3 is 1.07 bits per heavy atom. The van der Waals surface area contributed by atoms with E-state index in [1.807, 2.05) is 6.92 Å². The first-order valence-electron chi connectivity index (χ1n) is 13.5. The van der Waals surface area contributed by atoms with Gasteiger partial charge in [-0.05, 0) is 12.8 Å². The summed E-state index contributed by atoms with van der Waals surface area (Å²) >= 11 is 0. The van der Waals surface area contributed by atoms with Gasteiger partial charge in [0.1, 0.15) is 0 Å². The van der Waals surface area contributed by atoms with E-state index in [4.69, 9.17) is 35.4 Å². The zero-order valence-electron chi connectivity index (χ0n) is 25.0. The Kier molecular flexibility index (Phi) is 45.0. The number of carboxylic acid groups (broad SMARTS) is 3. The fourth-order valence-corrected chi connectivity index (χ4v) is 2.31. The molecular formula is C30H54O11. The molecule has 0 aliphatic heterocycles. The van der Waals surface area contributed by atoms with Crippen molar-refractivity contribution in [2.45, 2.75) is 84.5 Å². The number of ether oxygens (including phenoxy) is 1. The van der Waals surface area contributed by atoms with Gasteiger partial charge in [-0.2, -0.15) is 0 Å². The van der Waals surface area contributed by atoms with Gasteiger partial charge in [0.2, 0.25) is 0 Å². The van der Waals surface area contributed by atoms with E-state index in [0.29, 0.717) is 13.0 Å². The molecule has 0 amide bonds. The minimum atomic E-state index is -0.981. The molecule has 0 aromatic carbocycles. The normalized spacial score (nSPS) is 9.20. The van der Waals surface area contributed by atoms with Crippen LogP contribution in [0, 0.1) is 5.41 Å². The smallest absolute Gasteiger partial charge is 0.330 e. The Balaban J connectivity index is -0.000000150. The van der Waals surface area contributed by atoms with Crippen molar-refractivity contribution < 1.29 is 54.6 Å². The van der Waals surface area contributed by atoms with Crippen molar-refractivity contribution in [1.29, 1.82) is 0 Å². The van der Waals surface area contributed by atoms with E-state index in [0.717, 1.165) is 24.6 Å². The fourth-order valence-electron chi connectivity index (χ4n) is 2.31. The van der Waals surface area contributed by atoms with Crippen molar-refractivity contribution in [3.8, 4) is 0 Å². The number of aliphatic carboxylic acids is 3. The second kappa shape index (κ2) is 38.9. The van der Waals surface area contributed by atoms with Crippen molar-refractivity contribution in [3.63, 3.8) is 0 Å². The number of aliphatic hydroxyl groups is 3. The minimum absolute atomic E-state index is 0.156. The summed E-state index contributed by atoms with van der Waals surface area (Å²) in [4.78, 5) is 38.5. The summed E-state index contributed by atoms with van der Waals surface area (Å²) in [6, 6.07) is 0. The first-order chi connectivity index (χ1) is 19.4. The van der Waals surface area contributed by atoms with Crippen LogP contribution in [-0.2, 0) is 23.9 Å². The third kappa shape index (κ3) is 50.1. The average Bonchev–Trinajstić information content (AvgIpc) is 2.98. The van der Waals surface area contributed by atoms with Gasteiger partial charge in [-0.1, -0.05) is 98.0 Å². The van der Waals surface area contributed by atoms with Gasteiger partial charge in [-0.15, -0.1) is 0 Å². The lowest BCUT2D eigenvalue weighted by molar-refractivity contribution is -0.138. The molecule has 0 fully saturated rings. The van der Waals surface area contributed by atoms with E-state index in [9.17, 15) is 19.2 Å². The van der Waals surface area contributed by atoms with Crippen LogP contribution in [0.15, 0.2) is 50.6 Å². The Hall–Kier alpha value is -3.28. The predicted octanol–water partition coefficient (Wildman–Crippen LogP) is 4.77. The van der Waals surface area contributed by atoms with Gasteiger partial charge in [0, 0.05) is 29.7 Å². The molecule has 11 heteroatoms. The van der Waals surface area contributed by atoms with E-state index >= 15 is 0 Å². The highest BCUT2D eigenvalue weighted by molar-refractivity contribution is 5.81. The minimum Gasteiger partial charge on any atom is -0.478 e. The number of unbranched alkanes of at least 4 members (excludes halogenated alkanes) is 9. The number of hydrogen-bond acceptors (Lipinski definition) is 8. The van der Waals surface area contributed by atoms with Crippen LogP contribution in [0.25, 0.3) is 0 Å². The fraction of sp³-hybridized carbons (Fsp3) is 0.600. The number of hydrogen-bond donors (Lipinski definition) is 6. The summed E-state index contributed by atoms with van der Waals surface area (Å²) in [7, 11) is 0. The lowest BCUT2D eigenvalue weighted by Gasteiger charge is -2.24. The Morgan fingerprint density at radius 1 is 0.585 bits per heavy atom. The number of carbonyl (C=O) groups excluding carboxylic acids is 1. The summed E-state index contributed by atoms with van der Waals surface area (Å²) in [5.74, 6) is -3.25. The van der Waals surface area contributed by atoms with Crippen LogP contribution in [0.1, 0.15) is 84.5 Å².